The van der Waals surface area contributed by atoms with E-state index < -0.39 is 0 Å². The van der Waals surface area contributed by atoms with Crippen molar-refractivity contribution in [3.05, 3.63) is 18.1 Å². The number of nitrogens with one attached hydrogen (secondary N) is 1. The van der Waals surface area contributed by atoms with E-state index in [1.54, 1.807) is 12.4 Å². The molecular formula is C10H14N4OS. The molecule has 0 radical (unpaired) electrons. The third kappa shape index (κ3) is 2.28. The maximum atomic E-state index is 5.58. The molecule has 16 heavy (non-hydrogen) atoms. The quantitative estimate of drug-likeness (QED) is 0.755. The van der Waals surface area contributed by atoms with Gasteiger partial charge in [0.1, 0.15) is 10.7 Å². The monoisotopic (exact) mass is 238 g/mol. The highest BCUT2D eigenvalue weighted by molar-refractivity contribution is 7.80. The van der Waals surface area contributed by atoms with E-state index >= 15 is 0 Å². The van der Waals surface area contributed by atoms with Crippen LogP contribution in [-0.4, -0.2) is 33.7 Å². The van der Waals surface area contributed by atoms with Crippen molar-refractivity contribution in [2.75, 3.05) is 11.9 Å². The fourth-order valence-electron chi connectivity index (χ4n) is 1.72. The molecule has 0 bridgehead atoms. The molecule has 2 heterocycles. The Bertz CT molecular complexity index is 398. The molecule has 0 amide bonds. The molecule has 1 aromatic rings. The number of thiocarbonyl (C=S) groups is 1. The number of aromatic nitrogens is 2. The lowest BCUT2D eigenvalue weighted by atomic mass is 10.1. The second-order valence-corrected chi connectivity index (χ2v) is 4.17. The van der Waals surface area contributed by atoms with E-state index in [1.807, 2.05) is 6.92 Å². The van der Waals surface area contributed by atoms with Gasteiger partial charge in [0.05, 0.1) is 12.1 Å². The SMILES string of the molecule is CC1OCCC1Nc1nccnc1C(N)=S. The summed E-state index contributed by atoms with van der Waals surface area (Å²) in [7, 11) is 0. The number of nitrogens with two attached hydrogens (primary N) is 1. The van der Waals surface area contributed by atoms with Crippen molar-refractivity contribution in [1.82, 2.24) is 9.97 Å². The highest BCUT2D eigenvalue weighted by atomic mass is 32.1. The van der Waals surface area contributed by atoms with Gasteiger partial charge in [0.25, 0.3) is 0 Å². The van der Waals surface area contributed by atoms with Crippen LogP contribution in [0.5, 0.6) is 0 Å². The summed E-state index contributed by atoms with van der Waals surface area (Å²) in [6, 6.07) is 0.241. The van der Waals surface area contributed by atoms with Gasteiger partial charge >= 0.3 is 0 Å². The van der Waals surface area contributed by atoms with Gasteiger partial charge in [0, 0.05) is 19.0 Å². The van der Waals surface area contributed by atoms with Crippen LogP contribution in [0, 0.1) is 0 Å². The van der Waals surface area contributed by atoms with Crippen molar-refractivity contribution in [2.24, 2.45) is 5.73 Å². The van der Waals surface area contributed by atoms with Gasteiger partial charge in [-0.15, -0.1) is 0 Å². The Kier molecular flexibility index (Phi) is 3.31. The zero-order chi connectivity index (χ0) is 11.5. The minimum Gasteiger partial charge on any atom is -0.388 e. The highest BCUT2D eigenvalue weighted by Crippen LogP contribution is 2.18. The number of nitrogens with zero attached hydrogens (tertiary/aromatic N) is 2. The van der Waals surface area contributed by atoms with Gasteiger partial charge in [0.15, 0.2) is 5.82 Å². The van der Waals surface area contributed by atoms with Crippen molar-refractivity contribution in [2.45, 2.75) is 25.5 Å². The summed E-state index contributed by atoms with van der Waals surface area (Å²) >= 11 is 4.92. The van der Waals surface area contributed by atoms with Crippen molar-refractivity contribution < 1.29 is 4.74 Å². The van der Waals surface area contributed by atoms with Gasteiger partial charge in [-0.25, -0.2) is 9.97 Å². The molecule has 0 spiro atoms. The molecule has 5 nitrogen and oxygen atoms in total. The fourth-order valence-corrected chi connectivity index (χ4v) is 1.87. The lowest BCUT2D eigenvalue weighted by molar-refractivity contribution is 0.121. The molecule has 1 aliphatic rings. The molecule has 86 valence electrons. The largest absolute Gasteiger partial charge is 0.388 e. The van der Waals surface area contributed by atoms with E-state index in [2.05, 4.69) is 15.3 Å². The first kappa shape index (κ1) is 11.2. The summed E-state index contributed by atoms with van der Waals surface area (Å²) in [4.78, 5) is 8.57. The molecule has 2 rings (SSSR count). The lowest BCUT2D eigenvalue weighted by Crippen LogP contribution is -2.29. The Morgan fingerprint density at radius 3 is 2.94 bits per heavy atom. The van der Waals surface area contributed by atoms with Crippen LogP contribution in [-0.2, 0) is 4.74 Å². The van der Waals surface area contributed by atoms with Crippen molar-refractivity contribution >= 4 is 23.0 Å². The van der Waals surface area contributed by atoms with Gasteiger partial charge in [-0.3, -0.25) is 0 Å². The van der Waals surface area contributed by atoms with Gasteiger partial charge in [-0.1, -0.05) is 12.2 Å². The number of rotatable bonds is 3. The van der Waals surface area contributed by atoms with Crippen LogP contribution in [0.4, 0.5) is 5.82 Å². The van der Waals surface area contributed by atoms with Crippen LogP contribution in [0.15, 0.2) is 12.4 Å². The molecule has 0 aliphatic carbocycles. The van der Waals surface area contributed by atoms with Crippen LogP contribution in [0.25, 0.3) is 0 Å². The number of anilines is 1. The van der Waals surface area contributed by atoms with Crippen molar-refractivity contribution in [1.29, 1.82) is 0 Å². The molecule has 6 heteroatoms. The molecule has 1 aliphatic heterocycles. The maximum Gasteiger partial charge on any atom is 0.155 e. The van der Waals surface area contributed by atoms with Crippen molar-refractivity contribution in [3.63, 3.8) is 0 Å². The second-order valence-electron chi connectivity index (χ2n) is 3.73. The molecule has 2 unspecified atom stereocenters. The van der Waals surface area contributed by atoms with Gasteiger partial charge in [-0.2, -0.15) is 0 Å². The minimum atomic E-state index is 0.168. The zero-order valence-electron chi connectivity index (χ0n) is 9.01. The van der Waals surface area contributed by atoms with E-state index in [0.29, 0.717) is 11.5 Å². The molecule has 1 aromatic heterocycles. The zero-order valence-corrected chi connectivity index (χ0v) is 9.83. The summed E-state index contributed by atoms with van der Waals surface area (Å²) in [5.41, 5.74) is 6.12. The molecule has 3 N–H and O–H groups in total. The summed E-state index contributed by atoms with van der Waals surface area (Å²) in [5, 5.41) is 3.27. The number of hydrogen-bond donors (Lipinski definition) is 2. The second kappa shape index (κ2) is 4.71. The Morgan fingerprint density at radius 2 is 2.31 bits per heavy atom. The standard InChI is InChI=1S/C10H14N4OS/c1-6-7(2-5-15-6)14-10-8(9(11)16)12-3-4-13-10/h3-4,6-7H,2,5H2,1H3,(H2,11,16)(H,13,14). The first-order valence-electron chi connectivity index (χ1n) is 5.17. The molecule has 1 saturated heterocycles. The predicted octanol–water partition coefficient (Wildman–Crippen LogP) is 0.700. The smallest absolute Gasteiger partial charge is 0.155 e. The summed E-state index contributed by atoms with van der Waals surface area (Å²) < 4.78 is 5.46. The van der Waals surface area contributed by atoms with E-state index in [0.717, 1.165) is 13.0 Å². The van der Waals surface area contributed by atoms with Crippen LogP contribution in [0.3, 0.4) is 0 Å². The Labute approximate surface area is 99.4 Å². The Morgan fingerprint density at radius 1 is 1.56 bits per heavy atom. The number of ether oxygens (including phenoxy) is 1. The van der Waals surface area contributed by atoms with Crippen molar-refractivity contribution in [3.8, 4) is 0 Å². The van der Waals surface area contributed by atoms with E-state index in [-0.39, 0.29) is 17.1 Å². The van der Waals surface area contributed by atoms with E-state index in [1.165, 1.54) is 0 Å². The average molecular weight is 238 g/mol. The fraction of sp³-hybridized carbons (Fsp3) is 0.500. The van der Waals surface area contributed by atoms with Gasteiger partial charge < -0.3 is 15.8 Å². The van der Waals surface area contributed by atoms with E-state index in [9.17, 15) is 0 Å². The normalized spacial score (nSPS) is 24.3. The third-order valence-corrected chi connectivity index (χ3v) is 2.82. The molecule has 0 saturated carbocycles. The summed E-state index contributed by atoms with van der Waals surface area (Å²) in [5.74, 6) is 0.636. The van der Waals surface area contributed by atoms with Crippen LogP contribution >= 0.6 is 12.2 Å². The lowest BCUT2D eigenvalue weighted by Gasteiger charge is -2.17. The molecule has 0 aromatic carbocycles. The molecular weight excluding hydrogens is 224 g/mol. The van der Waals surface area contributed by atoms with Crippen LogP contribution in [0.2, 0.25) is 0 Å². The Hall–Kier alpha value is -1.27. The van der Waals surface area contributed by atoms with Gasteiger partial charge in [-0.05, 0) is 13.3 Å². The molecule has 2 atom stereocenters. The first-order valence-corrected chi connectivity index (χ1v) is 5.58. The van der Waals surface area contributed by atoms with Gasteiger partial charge in [0.2, 0.25) is 0 Å². The minimum absolute atomic E-state index is 0.168. The molecule has 1 fully saturated rings. The predicted molar refractivity (Wildman–Crippen MR) is 65.4 cm³/mol. The first-order chi connectivity index (χ1) is 7.68. The number of hydrogen-bond acceptors (Lipinski definition) is 5. The summed E-state index contributed by atoms with van der Waals surface area (Å²) in [6.07, 6.45) is 4.31. The Balaban J connectivity index is 2.17. The van der Waals surface area contributed by atoms with Crippen LogP contribution in [0.1, 0.15) is 19.0 Å². The topological polar surface area (TPSA) is 73.1 Å². The summed E-state index contributed by atoms with van der Waals surface area (Å²) in [6.45, 7) is 2.79. The highest BCUT2D eigenvalue weighted by Gasteiger charge is 2.25. The van der Waals surface area contributed by atoms with E-state index in [4.69, 9.17) is 22.7 Å². The third-order valence-electron chi connectivity index (χ3n) is 2.63. The maximum absolute atomic E-state index is 5.58. The average Bonchev–Trinajstić information content (AvgIpc) is 2.65. The van der Waals surface area contributed by atoms with Crippen LogP contribution < -0.4 is 11.1 Å².